The Balaban J connectivity index is 2.85. The minimum atomic E-state index is 0.535. The van der Waals surface area contributed by atoms with E-state index in [2.05, 4.69) is 43.6 Å². The van der Waals surface area contributed by atoms with E-state index in [1.807, 2.05) is 12.4 Å². The van der Waals surface area contributed by atoms with E-state index in [1.54, 1.807) is 0 Å². The summed E-state index contributed by atoms with van der Waals surface area (Å²) in [5.41, 5.74) is 3.92. The molecule has 2 aromatic heterocycles. The van der Waals surface area contributed by atoms with E-state index in [9.17, 15) is 0 Å². The van der Waals surface area contributed by atoms with Crippen molar-refractivity contribution in [2.45, 2.75) is 26.7 Å². The van der Waals surface area contributed by atoms with Gasteiger partial charge < -0.3 is 4.57 Å². The molecule has 2 aromatic rings. The highest BCUT2D eigenvalue weighted by molar-refractivity contribution is 5.86. The minimum Gasteiger partial charge on any atom is -0.349 e. The average molecular weight is 188 g/mol. The van der Waals surface area contributed by atoms with Gasteiger partial charge in [0.2, 0.25) is 0 Å². The van der Waals surface area contributed by atoms with E-state index in [1.165, 1.54) is 22.0 Å². The Hall–Kier alpha value is -1.31. The zero-order valence-corrected chi connectivity index (χ0v) is 9.20. The monoisotopic (exact) mass is 188 g/mol. The molecule has 74 valence electrons. The van der Waals surface area contributed by atoms with E-state index in [0.717, 1.165) is 0 Å². The molecular weight excluding hydrogens is 172 g/mol. The van der Waals surface area contributed by atoms with Crippen molar-refractivity contribution in [3.8, 4) is 0 Å². The van der Waals surface area contributed by atoms with Crippen LogP contribution >= 0.6 is 0 Å². The van der Waals surface area contributed by atoms with Crippen LogP contribution in [0.2, 0.25) is 0 Å². The molecule has 0 aliphatic carbocycles. The molecule has 2 nitrogen and oxygen atoms in total. The number of aromatic nitrogens is 2. The number of rotatable bonds is 1. The summed E-state index contributed by atoms with van der Waals surface area (Å²) < 4.78 is 2.14. The fourth-order valence-corrected chi connectivity index (χ4v) is 2.02. The predicted octanol–water partition coefficient (Wildman–Crippen LogP) is 3.01. The molecule has 0 saturated heterocycles. The molecule has 14 heavy (non-hydrogen) atoms. The second kappa shape index (κ2) is 3.12. The minimum absolute atomic E-state index is 0.535. The number of hydrogen-bond donors (Lipinski definition) is 0. The lowest BCUT2D eigenvalue weighted by atomic mass is 10.00. The van der Waals surface area contributed by atoms with Crippen molar-refractivity contribution in [3.05, 3.63) is 29.7 Å². The molecule has 0 N–H and O–H groups in total. The fraction of sp³-hybridized carbons (Fsp3) is 0.417. The first-order valence-electron chi connectivity index (χ1n) is 5.00. The number of fused-ring (bicyclic) bond motifs is 1. The third-order valence-electron chi connectivity index (χ3n) is 2.74. The van der Waals surface area contributed by atoms with Crippen LogP contribution in [0.4, 0.5) is 0 Å². The van der Waals surface area contributed by atoms with Gasteiger partial charge in [0.05, 0.1) is 11.7 Å². The smallest absolute Gasteiger partial charge is 0.0669 e. The Bertz CT molecular complexity index is 466. The first-order chi connectivity index (χ1) is 6.61. The van der Waals surface area contributed by atoms with Gasteiger partial charge in [0.25, 0.3) is 0 Å². The van der Waals surface area contributed by atoms with Crippen molar-refractivity contribution in [2.75, 3.05) is 0 Å². The molecule has 0 unspecified atom stereocenters. The molecule has 0 radical (unpaired) electrons. The quantitative estimate of drug-likeness (QED) is 0.672. The highest BCUT2D eigenvalue weighted by Gasteiger charge is 2.10. The van der Waals surface area contributed by atoms with Gasteiger partial charge in [-0.15, -0.1) is 0 Å². The van der Waals surface area contributed by atoms with Crippen molar-refractivity contribution in [1.29, 1.82) is 0 Å². The van der Waals surface area contributed by atoms with Gasteiger partial charge in [-0.25, -0.2) is 0 Å². The van der Waals surface area contributed by atoms with Gasteiger partial charge in [0.15, 0.2) is 0 Å². The molecule has 0 fully saturated rings. The lowest BCUT2D eigenvalue weighted by Crippen LogP contribution is -1.92. The Morgan fingerprint density at radius 2 is 2.00 bits per heavy atom. The molecule has 0 atom stereocenters. The summed E-state index contributed by atoms with van der Waals surface area (Å²) in [6.45, 7) is 6.58. The lowest BCUT2D eigenvalue weighted by molar-refractivity contribution is 0.867. The van der Waals surface area contributed by atoms with E-state index in [4.69, 9.17) is 0 Å². The summed E-state index contributed by atoms with van der Waals surface area (Å²) >= 11 is 0. The molecule has 0 bridgehead atoms. The number of nitrogens with zero attached hydrogens (tertiary/aromatic N) is 2. The number of hydrogen-bond acceptors (Lipinski definition) is 1. The Kier molecular flexibility index (Phi) is 2.06. The van der Waals surface area contributed by atoms with Crippen molar-refractivity contribution < 1.29 is 0 Å². The molecule has 2 rings (SSSR count). The van der Waals surface area contributed by atoms with Crippen LogP contribution in [0.25, 0.3) is 10.9 Å². The van der Waals surface area contributed by atoms with Crippen LogP contribution in [0.3, 0.4) is 0 Å². The lowest BCUT2D eigenvalue weighted by Gasteiger charge is -2.07. The number of pyridine rings is 1. The van der Waals surface area contributed by atoms with Gasteiger partial charge in [0.1, 0.15) is 0 Å². The maximum absolute atomic E-state index is 4.29. The molecular formula is C12H16N2. The third kappa shape index (κ3) is 1.22. The van der Waals surface area contributed by atoms with Crippen LogP contribution in [-0.4, -0.2) is 9.55 Å². The molecule has 0 amide bonds. The number of aryl methyl sites for hydroxylation is 2. The summed E-state index contributed by atoms with van der Waals surface area (Å²) in [7, 11) is 2.07. The van der Waals surface area contributed by atoms with Gasteiger partial charge in [-0.05, 0) is 24.0 Å². The van der Waals surface area contributed by atoms with Crippen molar-refractivity contribution in [1.82, 2.24) is 9.55 Å². The van der Waals surface area contributed by atoms with Crippen molar-refractivity contribution in [3.63, 3.8) is 0 Å². The predicted molar refractivity (Wildman–Crippen MR) is 59.5 cm³/mol. The standard InChI is InChI=1S/C12H16N2/c1-8(2)10-5-13-6-11-12(10)9(3)7-14(11)4/h5-8H,1-4H3. The van der Waals surface area contributed by atoms with E-state index in [0.29, 0.717) is 5.92 Å². The van der Waals surface area contributed by atoms with E-state index < -0.39 is 0 Å². The van der Waals surface area contributed by atoms with Gasteiger partial charge in [-0.2, -0.15) is 0 Å². The average Bonchev–Trinajstić information content (AvgIpc) is 2.43. The zero-order valence-electron chi connectivity index (χ0n) is 9.20. The normalized spacial score (nSPS) is 11.5. The van der Waals surface area contributed by atoms with Crippen molar-refractivity contribution in [2.24, 2.45) is 7.05 Å². The molecule has 0 spiro atoms. The SMILES string of the molecule is Cc1cn(C)c2cncc(C(C)C)c12. The molecule has 0 aliphatic rings. The summed E-state index contributed by atoms with van der Waals surface area (Å²) in [6, 6.07) is 0. The maximum Gasteiger partial charge on any atom is 0.0669 e. The molecule has 2 heteroatoms. The molecule has 0 saturated carbocycles. The first kappa shape index (κ1) is 9.25. The van der Waals surface area contributed by atoms with Gasteiger partial charge in [-0.1, -0.05) is 13.8 Å². The van der Waals surface area contributed by atoms with Crippen LogP contribution in [0.1, 0.15) is 30.9 Å². The van der Waals surface area contributed by atoms with Crippen LogP contribution in [0.5, 0.6) is 0 Å². The molecule has 0 aliphatic heterocycles. The topological polar surface area (TPSA) is 17.8 Å². The van der Waals surface area contributed by atoms with Crippen LogP contribution in [-0.2, 0) is 7.05 Å². The largest absolute Gasteiger partial charge is 0.349 e. The summed E-state index contributed by atoms with van der Waals surface area (Å²) in [4.78, 5) is 4.29. The van der Waals surface area contributed by atoms with Crippen LogP contribution in [0, 0.1) is 6.92 Å². The van der Waals surface area contributed by atoms with Crippen LogP contribution < -0.4 is 0 Å². The van der Waals surface area contributed by atoms with Crippen LogP contribution in [0.15, 0.2) is 18.6 Å². The summed E-state index contributed by atoms with van der Waals surface area (Å²) in [5, 5.41) is 1.37. The zero-order chi connectivity index (χ0) is 10.3. The molecule has 0 aromatic carbocycles. The van der Waals surface area contributed by atoms with Gasteiger partial charge in [-0.3, -0.25) is 4.98 Å². The summed E-state index contributed by atoms with van der Waals surface area (Å²) in [5.74, 6) is 0.535. The Morgan fingerprint density at radius 3 is 2.64 bits per heavy atom. The van der Waals surface area contributed by atoms with Crippen molar-refractivity contribution >= 4 is 10.9 Å². The van der Waals surface area contributed by atoms with Gasteiger partial charge in [0, 0.05) is 24.8 Å². The fourth-order valence-electron chi connectivity index (χ4n) is 2.02. The Labute approximate surface area is 84.6 Å². The highest BCUT2D eigenvalue weighted by Crippen LogP contribution is 2.27. The molecule has 2 heterocycles. The van der Waals surface area contributed by atoms with Gasteiger partial charge >= 0.3 is 0 Å². The second-order valence-electron chi connectivity index (χ2n) is 4.20. The summed E-state index contributed by atoms with van der Waals surface area (Å²) in [6.07, 6.45) is 6.09. The first-order valence-corrected chi connectivity index (χ1v) is 5.00. The third-order valence-corrected chi connectivity index (χ3v) is 2.74. The van der Waals surface area contributed by atoms with E-state index in [-0.39, 0.29) is 0 Å². The second-order valence-corrected chi connectivity index (χ2v) is 4.20. The maximum atomic E-state index is 4.29. The Morgan fingerprint density at radius 1 is 1.29 bits per heavy atom. The highest BCUT2D eigenvalue weighted by atomic mass is 14.9. The van der Waals surface area contributed by atoms with E-state index >= 15 is 0 Å².